The zero-order chi connectivity index (χ0) is 25.5. The molecule has 3 aromatic carbocycles. The molecule has 0 saturated carbocycles. The predicted octanol–water partition coefficient (Wildman–Crippen LogP) is 4.54. The fourth-order valence-corrected chi connectivity index (χ4v) is 3.58. The molecule has 0 aliphatic carbocycles. The Morgan fingerprint density at radius 2 is 1.29 bits per heavy atom. The molecule has 1 amide bonds. The maximum absolute atomic E-state index is 13.1. The van der Waals surface area contributed by atoms with Crippen molar-refractivity contribution in [2.75, 3.05) is 5.32 Å². The van der Waals surface area contributed by atoms with Gasteiger partial charge >= 0.3 is 17.9 Å². The number of hydrogen-bond acceptors (Lipinski definition) is 6. The molecule has 2 atom stereocenters. The van der Waals surface area contributed by atoms with E-state index in [0.29, 0.717) is 10.2 Å². The Bertz CT molecular complexity index is 1270. The molecule has 180 valence electrons. The van der Waals surface area contributed by atoms with Crippen molar-refractivity contribution >= 4 is 45.4 Å². The second-order valence-corrected chi connectivity index (χ2v) is 8.64. The minimum absolute atomic E-state index is 0.0902. The largest absolute Gasteiger partial charge is 0.478 e. The van der Waals surface area contributed by atoms with Gasteiger partial charge in [0.1, 0.15) is 0 Å². The van der Waals surface area contributed by atoms with Crippen LogP contribution in [-0.2, 0) is 19.1 Å². The number of hydrogen-bond donors (Lipinski definition) is 2. The third-order valence-electron chi connectivity index (χ3n) is 4.84. The number of carbonyl (C=O) groups is 4. The van der Waals surface area contributed by atoms with E-state index < -0.39 is 36.0 Å². The Morgan fingerprint density at radius 3 is 1.77 bits per heavy atom. The molecular formula is C26H22BrNO7. The number of carbonyl (C=O) groups excluding carboxylic acids is 3. The lowest BCUT2D eigenvalue weighted by atomic mass is 10.1. The van der Waals surface area contributed by atoms with Gasteiger partial charge in [-0.3, -0.25) is 4.79 Å². The van der Waals surface area contributed by atoms with Gasteiger partial charge in [0.2, 0.25) is 12.2 Å². The van der Waals surface area contributed by atoms with Crippen molar-refractivity contribution in [3.63, 3.8) is 0 Å². The molecule has 0 aliphatic heterocycles. The van der Waals surface area contributed by atoms with Crippen molar-refractivity contribution < 1.29 is 33.8 Å². The zero-order valence-corrected chi connectivity index (χ0v) is 20.4. The third kappa shape index (κ3) is 7.00. The zero-order valence-electron chi connectivity index (χ0n) is 18.9. The van der Waals surface area contributed by atoms with Crippen molar-refractivity contribution in [1.29, 1.82) is 0 Å². The average Bonchev–Trinajstić information content (AvgIpc) is 2.80. The lowest BCUT2D eigenvalue weighted by Crippen LogP contribution is -2.48. The molecular weight excluding hydrogens is 518 g/mol. The number of anilines is 1. The Hall–Kier alpha value is -3.98. The first kappa shape index (κ1) is 25.6. The number of benzene rings is 3. The highest BCUT2D eigenvalue weighted by molar-refractivity contribution is 9.10. The molecule has 0 saturated heterocycles. The van der Waals surface area contributed by atoms with E-state index >= 15 is 0 Å². The summed E-state index contributed by atoms with van der Waals surface area (Å²) in [4.78, 5) is 50.7. The van der Waals surface area contributed by atoms with Gasteiger partial charge in [-0.2, -0.15) is 0 Å². The van der Waals surface area contributed by atoms with Gasteiger partial charge in [0, 0.05) is 10.2 Å². The SMILES string of the molecule is Cc1cccc(C(=O)O[C@H](C(=O)O)[C@H](OC(=O)c2cccc(C)c2)C(=O)Nc2cccc(Br)c2)c1. The van der Waals surface area contributed by atoms with E-state index in [2.05, 4.69) is 21.2 Å². The second kappa shape index (κ2) is 11.4. The second-order valence-electron chi connectivity index (χ2n) is 7.73. The molecule has 0 heterocycles. The maximum Gasteiger partial charge on any atom is 0.349 e. The Kier molecular flexibility index (Phi) is 8.38. The standard InChI is InChI=1S/C26H22BrNO7/c1-15-6-3-8-17(12-15)25(32)34-21(23(29)28-20-11-5-10-19(27)14-20)22(24(30)31)35-26(33)18-9-4-7-16(2)13-18/h3-14,21-22H,1-2H3,(H,28,29)(H,30,31)/t21-,22-/m0/s1. The number of carboxylic acids is 1. The fourth-order valence-electron chi connectivity index (χ4n) is 3.18. The fraction of sp³-hybridized carbons (Fsp3) is 0.154. The van der Waals surface area contributed by atoms with E-state index in [9.17, 15) is 24.3 Å². The monoisotopic (exact) mass is 539 g/mol. The van der Waals surface area contributed by atoms with Crippen LogP contribution in [0.5, 0.6) is 0 Å². The van der Waals surface area contributed by atoms with Crippen molar-refractivity contribution in [3.05, 3.63) is 99.5 Å². The lowest BCUT2D eigenvalue weighted by Gasteiger charge is -2.23. The molecule has 0 spiro atoms. The van der Waals surface area contributed by atoms with Gasteiger partial charge in [0.15, 0.2) is 0 Å². The smallest absolute Gasteiger partial charge is 0.349 e. The minimum Gasteiger partial charge on any atom is -0.478 e. The van der Waals surface area contributed by atoms with Gasteiger partial charge in [-0.15, -0.1) is 0 Å². The Balaban J connectivity index is 1.92. The number of esters is 2. The van der Waals surface area contributed by atoms with Gasteiger partial charge in [0.05, 0.1) is 11.1 Å². The molecule has 0 fully saturated rings. The predicted molar refractivity (Wildman–Crippen MR) is 131 cm³/mol. The number of amides is 1. The van der Waals surface area contributed by atoms with Crippen molar-refractivity contribution in [2.24, 2.45) is 0 Å². The summed E-state index contributed by atoms with van der Waals surface area (Å²) >= 11 is 3.28. The topological polar surface area (TPSA) is 119 Å². The van der Waals surface area contributed by atoms with E-state index in [1.165, 1.54) is 24.3 Å². The number of halogens is 1. The van der Waals surface area contributed by atoms with Crippen LogP contribution >= 0.6 is 15.9 Å². The summed E-state index contributed by atoms with van der Waals surface area (Å²) in [6.45, 7) is 3.52. The van der Waals surface area contributed by atoms with Crippen molar-refractivity contribution in [2.45, 2.75) is 26.1 Å². The van der Waals surface area contributed by atoms with Gasteiger partial charge in [-0.25, -0.2) is 14.4 Å². The first-order valence-corrected chi connectivity index (χ1v) is 11.3. The highest BCUT2D eigenvalue weighted by atomic mass is 79.9. The van der Waals surface area contributed by atoms with Gasteiger partial charge in [-0.1, -0.05) is 57.4 Å². The summed E-state index contributed by atoms with van der Waals surface area (Å²) in [6.07, 6.45) is -4.09. The Morgan fingerprint density at radius 1 is 0.771 bits per heavy atom. The molecule has 3 rings (SSSR count). The molecule has 35 heavy (non-hydrogen) atoms. The number of aliphatic carboxylic acids is 1. The molecule has 0 aromatic heterocycles. The van der Waals surface area contributed by atoms with Crippen LogP contribution in [0.3, 0.4) is 0 Å². The number of nitrogens with one attached hydrogen (secondary N) is 1. The normalized spacial score (nSPS) is 12.2. The third-order valence-corrected chi connectivity index (χ3v) is 5.34. The molecule has 0 radical (unpaired) electrons. The summed E-state index contributed by atoms with van der Waals surface area (Å²) < 4.78 is 11.1. The molecule has 0 aliphatic rings. The summed E-state index contributed by atoms with van der Waals surface area (Å²) in [7, 11) is 0. The minimum atomic E-state index is -2.11. The van der Waals surface area contributed by atoms with Gasteiger partial charge in [-0.05, 0) is 56.3 Å². The van der Waals surface area contributed by atoms with Gasteiger partial charge < -0.3 is 19.9 Å². The van der Waals surface area contributed by atoms with E-state index in [1.54, 1.807) is 62.4 Å². The number of ether oxygens (including phenoxy) is 2. The lowest BCUT2D eigenvalue weighted by molar-refractivity contribution is -0.157. The van der Waals surface area contributed by atoms with E-state index in [0.717, 1.165) is 11.1 Å². The summed E-state index contributed by atoms with van der Waals surface area (Å²) in [5.74, 6) is -4.56. The molecule has 8 nitrogen and oxygen atoms in total. The van der Waals surface area contributed by atoms with Gasteiger partial charge in [0.25, 0.3) is 5.91 Å². The van der Waals surface area contributed by atoms with Crippen LogP contribution in [0.25, 0.3) is 0 Å². The first-order chi connectivity index (χ1) is 16.6. The summed E-state index contributed by atoms with van der Waals surface area (Å²) in [5.41, 5.74) is 2.03. The number of carboxylic acid groups (broad SMARTS) is 1. The highest BCUT2D eigenvalue weighted by Crippen LogP contribution is 2.19. The van der Waals surface area contributed by atoms with Crippen LogP contribution in [0.4, 0.5) is 5.69 Å². The van der Waals surface area contributed by atoms with Crippen LogP contribution < -0.4 is 5.32 Å². The van der Waals surface area contributed by atoms with E-state index in [1.807, 2.05) is 0 Å². The van der Waals surface area contributed by atoms with Crippen LogP contribution in [-0.4, -0.2) is 41.1 Å². The Labute approximate surface area is 210 Å². The van der Waals surface area contributed by atoms with Crippen LogP contribution in [0, 0.1) is 13.8 Å². The van der Waals surface area contributed by atoms with Crippen LogP contribution in [0.2, 0.25) is 0 Å². The summed E-state index contributed by atoms with van der Waals surface area (Å²) in [5, 5.41) is 12.3. The highest BCUT2D eigenvalue weighted by Gasteiger charge is 2.41. The van der Waals surface area contributed by atoms with Crippen LogP contribution in [0.15, 0.2) is 77.3 Å². The molecule has 9 heteroatoms. The molecule has 0 bridgehead atoms. The number of rotatable bonds is 8. The maximum atomic E-state index is 13.1. The molecule has 3 aromatic rings. The average molecular weight is 540 g/mol. The van der Waals surface area contributed by atoms with E-state index in [-0.39, 0.29) is 11.1 Å². The quantitative estimate of drug-likeness (QED) is 0.403. The molecule has 2 N–H and O–H groups in total. The van der Waals surface area contributed by atoms with Crippen LogP contribution in [0.1, 0.15) is 31.8 Å². The number of aryl methyl sites for hydroxylation is 2. The van der Waals surface area contributed by atoms with E-state index in [4.69, 9.17) is 9.47 Å². The first-order valence-electron chi connectivity index (χ1n) is 10.5. The summed E-state index contributed by atoms with van der Waals surface area (Å²) in [6, 6.07) is 19.2. The molecule has 0 unspecified atom stereocenters. The van der Waals surface area contributed by atoms with Crippen molar-refractivity contribution in [1.82, 2.24) is 0 Å². The van der Waals surface area contributed by atoms with Crippen molar-refractivity contribution in [3.8, 4) is 0 Å².